The molecule has 0 spiro atoms. The maximum Gasteiger partial charge on any atom is 0.271 e. The molecule has 1 aliphatic rings. The number of hydrogen-bond acceptors (Lipinski definition) is 6. The third-order valence-electron chi connectivity index (χ3n) is 4.35. The fourth-order valence-corrected chi connectivity index (χ4v) is 3.78. The molecule has 1 amide bonds. The minimum Gasteiger partial charge on any atom is -0.354 e. The first-order valence-electron chi connectivity index (χ1n) is 8.72. The van der Waals surface area contributed by atoms with Crippen LogP contribution in [-0.4, -0.2) is 35.0 Å². The van der Waals surface area contributed by atoms with Gasteiger partial charge in [-0.1, -0.05) is 6.07 Å². The van der Waals surface area contributed by atoms with E-state index < -0.39 is 11.6 Å². The van der Waals surface area contributed by atoms with Crippen molar-refractivity contribution in [3.8, 4) is 0 Å². The predicted octanol–water partition coefficient (Wildman–Crippen LogP) is 3.57. The van der Waals surface area contributed by atoms with Crippen LogP contribution in [0.15, 0.2) is 48.0 Å². The SMILES string of the molecule is O=C(NC1CCN(c2ccccn2)C1)c1csc(Nc2cc(F)cc(F)c2)n1. The Morgan fingerprint density at radius 1 is 1.21 bits per heavy atom. The van der Waals surface area contributed by atoms with E-state index in [9.17, 15) is 13.6 Å². The maximum atomic E-state index is 13.3. The van der Waals surface area contributed by atoms with E-state index >= 15 is 0 Å². The molecule has 1 fully saturated rings. The van der Waals surface area contributed by atoms with Gasteiger partial charge in [0.2, 0.25) is 0 Å². The van der Waals surface area contributed by atoms with Crippen molar-refractivity contribution in [3.05, 3.63) is 65.3 Å². The highest BCUT2D eigenvalue weighted by molar-refractivity contribution is 7.14. The Bertz CT molecular complexity index is 961. The van der Waals surface area contributed by atoms with Crippen LogP contribution in [0.5, 0.6) is 0 Å². The molecule has 3 aromatic rings. The van der Waals surface area contributed by atoms with Crippen molar-refractivity contribution in [1.82, 2.24) is 15.3 Å². The summed E-state index contributed by atoms with van der Waals surface area (Å²) in [6.07, 6.45) is 2.57. The highest BCUT2D eigenvalue weighted by Crippen LogP contribution is 2.23. The van der Waals surface area contributed by atoms with Gasteiger partial charge in [-0.3, -0.25) is 4.79 Å². The van der Waals surface area contributed by atoms with Crippen molar-refractivity contribution >= 4 is 33.9 Å². The zero-order chi connectivity index (χ0) is 19.5. The van der Waals surface area contributed by atoms with Gasteiger partial charge in [-0.15, -0.1) is 11.3 Å². The Kier molecular flexibility index (Phi) is 5.16. The second kappa shape index (κ2) is 7.89. The molecule has 1 aliphatic heterocycles. The van der Waals surface area contributed by atoms with Gasteiger partial charge in [-0.25, -0.2) is 18.7 Å². The molecule has 2 N–H and O–H groups in total. The first-order chi connectivity index (χ1) is 13.6. The molecule has 2 aromatic heterocycles. The molecule has 3 heterocycles. The van der Waals surface area contributed by atoms with Crippen molar-refractivity contribution in [2.24, 2.45) is 0 Å². The summed E-state index contributed by atoms with van der Waals surface area (Å²) in [4.78, 5) is 23.1. The molecule has 1 saturated heterocycles. The van der Waals surface area contributed by atoms with E-state index in [4.69, 9.17) is 0 Å². The number of aromatic nitrogens is 2. The van der Waals surface area contributed by atoms with Crippen LogP contribution in [-0.2, 0) is 0 Å². The molecule has 1 atom stereocenters. The molecular formula is C19H17F2N5OS. The summed E-state index contributed by atoms with van der Waals surface area (Å²) in [6, 6.07) is 8.86. The standard InChI is InChI=1S/C19H17F2N5OS/c20-12-7-13(21)9-15(8-12)24-19-25-16(11-28-19)18(27)23-14-4-6-26(10-14)17-3-1-2-5-22-17/h1-3,5,7-9,11,14H,4,6,10H2,(H,23,27)(H,24,25). The third-order valence-corrected chi connectivity index (χ3v) is 5.11. The lowest BCUT2D eigenvalue weighted by Crippen LogP contribution is -2.37. The van der Waals surface area contributed by atoms with Gasteiger partial charge in [0.05, 0.1) is 0 Å². The van der Waals surface area contributed by atoms with Crippen LogP contribution in [0.25, 0.3) is 0 Å². The number of amides is 1. The van der Waals surface area contributed by atoms with Gasteiger partial charge in [0.15, 0.2) is 5.13 Å². The van der Waals surface area contributed by atoms with E-state index in [2.05, 4.69) is 25.5 Å². The number of hydrogen-bond donors (Lipinski definition) is 2. The number of halogens is 2. The highest BCUT2D eigenvalue weighted by Gasteiger charge is 2.25. The lowest BCUT2D eigenvalue weighted by molar-refractivity contribution is 0.0936. The minimum atomic E-state index is -0.685. The van der Waals surface area contributed by atoms with Gasteiger partial charge in [0.25, 0.3) is 5.91 Å². The molecule has 4 rings (SSSR count). The summed E-state index contributed by atoms with van der Waals surface area (Å²) < 4.78 is 26.6. The minimum absolute atomic E-state index is 0.00457. The van der Waals surface area contributed by atoms with Crippen molar-refractivity contribution in [1.29, 1.82) is 0 Å². The van der Waals surface area contributed by atoms with Crippen molar-refractivity contribution < 1.29 is 13.6 Å². The van der Waals surface area contributed by atoms with Crippen LogP contribution in [0.2, 0.25) is 0 Å². The van der Waals surface area contributed by atoms with E-state index in [0.717, 1.165) is 37.0 Å². The number of carbonyl (C=O) groups is 1. The smallest absolute Gasteiger partial charge is 0.271 e. The zero-order valence-electron chi connectivity index (χ0n) is 14.7. The fraction of sp³-hybridized carbons (Fsp3) is 0.211. The number of rotatable bonds is 5. The Hall–Kier alpha value is -3.07. The van der Waals surface area contributed by atoms with Crippen LogP contribution in [0.3, 0.4) is 0 Å². The van der Waals surface area contributed by atoms with Crippen molar-refractivity contribution in [2.75, 3.05) is 23.3 Å². The van der Waals surface area contributed by atoms with Crippen LogP contribution in [0, 0.1) is 11.6 Å². The third kappa shape index (κ3) is 4.25. The highest BCUT2D eigenvalue weighted by atomic mass is 32.1. The van der Waals surface area contributed by atoms with Gasteiger partial charge in [0, 0.05) is 42.5 Å². The summed E-state index contributed by atoms with van der Waals surface area (Å²) >= 11 is 1.19. The van der Waals surface area contributed by atoms with Crippen LogP contribution in [0.1, 0.15) is 16.9 Å². The molecule has 1 unspecified atom stereocenters. The number of pyridine rings is 1. The number of carbonyl (C=O) groups excluding carboxylic acids is 1. The van der Waals surface area contributed by atoms with Crippen molar-refractivity contribution in [3.63, 3.8) is 0 Å². The van der Waals surface area contributed by atoms with E-state index in [1.807, 2.05) is 18.2 Å². The predicted molar refractivity (Wildman–Crippen MR) is 104 cm³/mol. The molecule has 6 nitrogen and oxygen atoms in total. The van der Waals surface area contributed by atoms with Crippen molar-refractivity contribution in [2.45, 2.75) is 12.5 Å². The quantitative estimate of drug-likeness (QED) is 0.684. The number of thiazole rings is 1. The van der Waals surface area contributed by atoms with Crippen LogP contribution >= 0.6 is 11.3 Å². The van der Waals surface area contributed by atoms with Gasteiger partial charge < -0.3 is 15.5 Å². The largest absolute Gasteiger partial charge is 0.354 e. The van der Waals surface area contributed by atoms with Gasteiger partial charge >= 0.3 is 0 Å². The Morgan fingerprint density at radius 3 is 2.79 bits per heavy atom. The normalized spacial score (nSPS) is 16.2. The average molecular weight is 401 g/mol. The topological polar surface area (TPSA) is 70.2 Å². The second-order valence-electron chi connectivity index (χ2n) is 6.41. The second-order valence-corrected chi connectivity index (χ2v) is 7.27. The number of nitrogens with one attached hydrogen (secondary N) is 2. The summed E-state index contributed by atoms with van der Waals surface area (Å²) in [5.41, 5.74) is 0.501. The van der Waals surface area contributed by atoms with Gasteiger partial charge in [-0.05, 0) is 30.7 Å². The van der Waals surface area contributed by atoms with E-state index in [-0.39, 0.29) is 23.3 Å². The lowest BCUT2D eigenvalue weighted by Gasteiger charge is -2.17. The summed E-state index contributed by atoms with van der Waals surface area (Å²) in [6.45, 7) is 1.50. The molecule has 0 saturated carbocycles. The molecule has 0 aliphatic carbocycles. The van der Waals surface area contributed by atoms with E-state index in [1.165, 1.54) is 11.3 Å². The summed E-state index contributed by atoms with van der Waals surface area (Å²) in [7, 11) is 0. The molecule has 28 heavy (non-hydrogen) atoms. The summed E-state index contributed by atoms with van der Waals surface area (Å²) in [5, 5.41) is 7.79. The van der Waals surface area contributed by atoms with E-state index in [1.54, 1.807) is 11.6 Å². The first-order valence-corrected chi connectivity index (χ1v) is 9.60. The van der Waals surface area contributed by atoms with Gasteiger partial charge in [-0.2, -0.15) is 0 Å². The van der Waals surface area contributed by atoms with Crippen LogP contribution in [0.4, 0.5) is 25.4 Å². The van der Waals surface area contributed by atoms with Crippen LogP contribution < -0.4 is 15.5 Å². The fourth-order valence-electron chi connectivity index (χ4n) is 3.07. The lowest BCUT2D eigenvalue weighted by atomic mass is 10.2. The first kappa shape index (κ1) is 18.3. The number of benzene rings is 1. The number of anilines is 3. The maximum absolute atomic E-state index is 13.3. The molecular weight excluding hydrogens is 384 g/mol. The monoisotopic (exact) mass is 401 g/mol. The Labute approximate surface area is 164 Å². The molecule has 144 valence electrons. The molecule has 1 aromatic carbocycles. The molecule has 0 bridgehead atoms. The average Bonchev–Trinajstić information content (AvgIpc) is 3.31. The zero-order valence-corrected chi connectivity index (χ0v) is 15.5. The number of nitrogens with zero attached hydrogens (tertiary/aromatic N) is 3. The van der Waals surface area contributed by atoms with Gasteiger partial charge in [0.1, 0.15) is 23.1 Å². The molecule has 9 heteroatoms. The Morgan fingerprint density at radius 2 is 2.04 bits per heavy atom. The summed E-state index contributed by atoms with van der Waals surface area (Å²) in [5.74, 6) is -0.754. The molecule has 0 radical (unpaired) electrons. The Balaban J connectivity index is 1.36. The van der Waals surface area contributed by atoms with E-state index in [0.29, 0.717) is 11.7 Å².